The molecule has 1 saturated heterocycles. The Morgan fingerprint density at radius 1 is 1.35 bits per heavy atom. The van der Waals surface area contributed by atoms with Gasteiger partial charge in [0, 0.05) is 24.0 Å². The number of hydrogen-bond donors (Lipinski definition) is 0. The quantitative estimate of drug-likeness (QED) is 0.823. The summed E-state index contributed by atoms with van der Waals surface area (Å²) in [4.78, 5) is 13.8. The van der Waals surface area contributed by atoms with Crippen molar-refractivity contribution in [2.75, 3.05) is 20.1 Å². The van der Waals surface area contributed by atoms with E-state index in [0.717, 1.165) is 24.5 Å². The van der Waals surface area contributed by atoms with Gasteiger partial charge in [-0.2, -0.15) is 0 Å². The van der Waals surface area contributed by atoms with Gasteiger partial charge in [0.05, 0.1) is 0 Å². The van der Waals surface area contributed by atoms with Crippen molar-refractivity contribution in [2.45, 2.75) is 13.3 Å². The second-order valence-electron chi connectivity index (χ2n) is 5.03. The molecule has 1 heterocycles. The Morgan fingerprint density at radius 3 is 2.59 bits per heavy atom. The van der Waals surface area contributed by atoms with E-state index in [4.69, 9.17) is 11.6 Å². The van der Waals surface area contributed by atoms with E-state index in [2.05, 4.69) is 24.1 Å². The maximum atomic E-state index is 11.6. The van der Waals surface area contributed by atoms with Crippen molar-refractivity contribution in [2.24, 2.45) is 11.8 Å². The fourth-order valence-corrected chi connectivity index (χ4v) is 2.80. The van der Waals surface area contributed by atoms with Crippen LogP contribution in [0.3, 0.4) is 0 Å². The Hall–Kier alpha value is -0.860. The second-order valence-corrected chi connectivity index (χ2v) is 5.47. The fourth-order valence-electron chi connectivity index (χ4n) is 2.68. The Balaban J connectivity index is 2.07. The molecule has 1 fully saturated rings. The van der Waals surface area contributed by atoms with Crippen molar-refractivity contribution in [3.05, 3.63) is 34.9 Å². The highest BCUT2D eigenvalue weighted by atomic mass is 35.5. The van der Waals surface area contributed by atoms with Crippen molar-refractivity contribution in [3.63, 3.8) is 0 Å². The largest absolute Gasteiger partial charge is 0.305 e. The van der Waals surface area contributed by atoms with Crippen molar-refractivity contribution in [3.8, 4) is 0 Å². The summed E-state index contributed by atoms with van der Waals surface area (Å²) in [5.74, 6) is 0.947. The number of likely N-dealkylation sites (tertiary alicyclic amines) is 1. The lowest BCUT2D eigenvalue weighted by Gasteiger charge is -2.15. The molecule has 0 radical (unpaired) electrons. The molecule has 0 aromatic heterocycles. The molecule has 0 saturated carbocycles. The number of nitrogens with zero attached hydrogens (tertiary/aromatic N) is 1. The number of carbonyl (C=O) groups is 1. The van der Waals surface area contributed by atoms with E-state index in [1.165, 1.54) is 5.56 Å². The van der Waals surface area contributed by atoms with Gasteiger partial charge in [-0.05, 0) is 44.0 Å². The van der Waals surface area contributed by atoms with E-state index in [-0.39, 0.29) is 5.92 Å². The monoisotopic (exact) mass is 251 g/mol. The van der Waals surface area contributed by atoms with Crippen LogP contribution in [0.4, 0.5) is 0 Å². The van der Waals surface area contributed by atoms with Gasteiger partial charge in [0.15, 0.2) is 0 Å². The first kappa shape index (κ1) is 12.6. The van der Waals surface area contributed by atoms with Crippen LogP contribution in [0.2, 0.25) is 5.02 Å². The fraction of sp³-hybridized carbons (Fsp3) is 0.500. The number of rotatable bonds is 3. The predicted molar refractivity (Wildman–Crippen MR) is 70.3 cm³/mol. The number of benzene rings is 1. The van der Waals surface area contributed by atoms with Gasteiger partial charge in [0.25, 0.3) is 0 Å². The minimum atomic E-state index is 0.190. The van der Waals surface area contributed by atoms with Crippen molar-refractivity contribution < 1.29 is 4.79 Å². The summed E-state index contributed by atoms with van der Waals surface area (Å²) in [6.07, 6.45) is 0.964. The average Bonchev–Trinajstić information content (AvgIpc) is 2.63. The van der Waals surface area contributed by atoms with E-state index in [9.17, 15) is 4.79 Å². The molecule has 0 aliphatic carbocycles. The van der Waals surface area contributed by atoms with Gasteiger partial charge in [-0.3, -0.25) is 4.79 Å². The van der Waals surface area contributed by atoms with Crippen molar-refractivity contribution in [1.82, 2.24) is 4.90 Å². The molecule has 2 unspecified atom stereocenters. The maximum Gasteiger partial charge on any atom is 0.134 e. The molecule has 3 heteroatoms. The molecule has 0 amide bonds. The van der Waals surface area contributed by atoms with Gasteiger partial charge < -0.3 is 4.90 Å². The Bertz CT molecular complexity index is 401. The number of Topliss-reactive ketones (excluding diaryl/α,β-unsaturated/α-hetero) is 1. The van der Waals surface area contributed by atoms with Crippen LogP contribution in [-0.2, 0) is 11.2 Å². The molecule has 0 spiro atoms. The lowest BCUT2D eigenvalue weighted by molar-refractivity contribution is -0.121. The third kappa shape index (κ3) is 3.08. The van der Waals surface area contributed by atoms with Crippen molar-refractivity contribution in [1.29, 1.82) is 0 Å². The molecule has 1 aromatic rings. The molecule has 0 bridgehead atoms. The molecule has 2 nitrogen and oxygen atoms in total. The number of hydrogen-bond acceptors (Lipinski definition) is 2. The van der Waals surface area contributed by atoms with Gasteiger partial charge in [-0.25, -0.2) is 0 Å². The Morgan fingerprint density at radius 2 is 2.00 bits per heavy atom. The van der Waals surface area contributed by atoms with Gasteiger partial charge in [-0.15, -0.1) is 0 Å². The third-order valence-corrected chi connectivity index (χ3v) is 3.81. The maximum absolute atomic E-state index is 11.6. The zero-order valence-corrected chi connectivity index (χ0v) is 11.1. The van der Waals surface area contributed by atoms with Crippen LogP contribution in [0.25, 0.3) is 0 Å². The summed E-state index contributed by atoms with van der Waals surface area (Å²) in [6.45, 7) is 3.61. The Kier molecular flexibility index (Phi) is 3.85. The van der Waals surface area contributed by atoms with E-state index in [1.54, 1.807) is 6.92 Å². The summed E-state index contributed by atoms with van der Waals surface area (Å²) in [7, 11) is 2.08. The van der Waals surface area contributed by atoms with Crippen LogP contribution in [-0.4, -0.2) is 30.8 Å². The molecule has 1 aromatic carbocycles. The van der Waals surface area contributed by atoms with Crippen LogP contribution >= 0.6 is 11.6 Å². The highest BCUT2D eigenvalue weighted by molar-refractivity contribution is 6.30. The molecular weight excluding hydrogens is 234 g/mol. The zero-order valence-electron chi connectivity index (χ0n) is 10.3. The molecule has 1 aliphatic heterocycles. The van der Waals surface area contributed by atoms with E-state index >= 15 is 0 Å². The van der Waals surface area contributed by atoms with Crippen molar-refractivity contribution >= 4 is 17.4 Å². The van der Waals surface area contributed by atoms with Gasteiger partial charge >= 0.3 is 0 Å². The Labute approximate surface area is 108 Å². The smallest absolute Gasteiger partial charge is 0.134 e. The van der Waals surface area contributed by atoms with Crippen LogP contribution in [0.5, 0.6) is 0 Å². The second kappa shape index (κ2) is 5.19. The summed E-state index contributed by atoms with van der Waals surface area (Å²) in [5, 5.41) is 0.764. The molecule has 0 N–H and O–H groups in total. The standard InChI is InChI=1S/C14H18ClNO/c1-10(17)14-9-16(2)8-12(14)7-11-3-5-13(15)6-4-11/h3-6,12,14H,7-9H2,1-2H3. The van der Waals surface area contributed by atoms with Gasteiger partial charge in [0.1, 0.15) is 5.78 Å². The summed E-state index contributed by atoms with van der Waals surface area (Å²) >= 11 is 5.87. The normalized spacial score (nSPS) is 25.1. The minimum absolute atomic E-state index is 0.190. The number of carbonyl (C=O) groups excluding carboxylic acids is 1. The lowest BCUT2D eigenvalue weighted by atomic mass is 9.87. The molecular formula is C14H18ClNO. The highest BCUT2D eigenvalue weighted by Crippen LogP contribution is 2.27. The van der Waals surface area contributed by atoms with Gasteiger partial charge in [0.2, 0.25) is 0 Å². The van der Waals surface area contributed by atoms with E-state index in [0.29, 0.717) is 11.7 Å². The molecule has 92 valence electrons. The van der Waals surface area contributed by atoms with E-state index in [1.807, 2.05) is 12.1 Å². The summed E-state index contributed by atoms with van der Waals surface area (Å²) in [5.41, 5.74) is 1.26. The molecule has 1 aliphatic rings. The van der Waals surface area contributed by atoms with Crippen LogP contribution < -0.4 is 0 Å². The highest BCUT2D eigenvalue weighted by Gasteiger charge is 2.33. The molecule has 2 atom stereocenters. The first-order valence-corrected chi connectivity index (χ1v) is 6.37. The van der Waals surface area contributed by atoms with Crippen LogP contribution in [0, 0.1) is 11.8 Å². The summed E-state index contributed by atoms with van der Waals surface area (Å²) < 4.78 is 0. The number of ketones is 1. The topological polar surface area (TPSA) is 20.3 Å². The van der Waals surface area contributed by atoms with E-state index < -0.39 is 0 Å². The van der Waals surface area contributed by atoms with Gasteiger partial charge in [-0.1, -0.05) is 23.7 Å². The van der Waals surface area contributed by atoms with Crippen LogP contribution in [0.1, 0.15) is 12.5 Å². The predicted octanol–water partition coefficient (Wildman–Crippen LogP) is 2.65. The first-order chi connectivity index (χ1) is 8.06. The zero-order chi connectivity index (χ0) is 12.4. The average molecular weight is 252 g/mol. The molecule has 2 rings (SSSR count). The lowest BCUT2D eigenvalue weighted by Crippen LogP contribution is -2.21. The molecule has 17 heavy (non-hydrogen) atoms. The SMILES string of the molecule is CC(=O)C1CN(C)CC1Cc1ccc(Cl)cc1. The van der Waals surface area contributed by atoms with Crippen LogP contribution in [0.15, 0.2) is 24.3 Å². The third-order valence-electron chi connectivity index (χ3n) is 3.56. The first-order valence-electron chi connectivity index (χ1n) is 5.99. The number of halogens is 1. The minimum Gasteiger partial charge on any atom is -0.305 e. The summed E-state index contributed by atoms with van der Waals surface area (Å²) in [6, 6.07) is 7.94.